The van der Waals surface area contributed by atoms with Gasteiger partial charge in [0.05, 0.1) is 12.2 Å². The van der Waals surface area contributed by atoms with Gasteiger partial charge in [-0.2, -0.15) is 21.6 Å². The minimum atomic E-state index is -5.62. The van der Waals surface area contributed by atoms with E-state index in [1.807, 2.05) is 19.6 Å². The Morgan fingerprint density at radius 2 is 1.90 bits per heavy atom. The lowest BCUT2D eigenvalue weighted by Crippen LogP contribution is -2.54. The molecule has 1 fully saturated rings. The fraction of sp³-hybridized carbons (Fsp3) is 1.00. The summed E-state index contributed by atoms with van der Waals surface area (Å²) in [5.41, 5.74) is -6.28. The van der Waals surface area contributed by atoms with E-state index in [0.29, 0.717) is 19.4 Å². The first-order chi connectivity index (χ1) is 9.27. The largest absolute Gasteiger partial charge is 0.523 e. The average Bonchev–Trinajstić information content (AvgIpc) is 2.23. The van der Waals surface area contributed by atoms with Crippen molar-refractivity contribution in [1.29, 1.82) is 0 Å². The van der Waals surface area contributed by atoms with Crippen LogP contribution in [0.3, 0.4) is 0 Å². The average molecular weight is 350 g/mol. The maximum Gasteiger partial charge on any atom is 0.523 e. The Hall–Kier alpha value is -0.163. The Kier molecular flexibility index (Phi) is 5.53. The molecule has 0 unspecified atom stereocenters. The van der Waals surface area contributed by atoms with Crippen molar-refractivity contribution in [2.24, 2.45) is 0 Å². The van der Waals surface area contributed by atoms with Gasteiger partial charge in [0.2, 0.25) is 0 Å². The summed E-state index contributed by atoms with van der Waals surface area (Å²) in [6, 6.07) is 0. The smallest absolute Gasteiger partial charge is 0.410 e. The molecule has 0 radical (unpaired) electrons. The van der Waals surface area contributed by atoms with Gasteiger partial charge >= 0.3 is 15.6 Å². The minimum absolute atomic E-state index is 0.338. The summed E-state index contributed by atoms with van der Waals surface area (Å²) < 4.78 is 74.2. The van der Waals surface area contributed by atoms with Gasteiger partial charge in [0.15, 0.2) is 8.32 Å². The molecule has 5 nitrogen and oxygen atoms in total. The van der Waals surface area contributed by atoms with Gasteiger partial charge in [-0.1, -0.05) is 0 Å². The summed E-state index contributed by atoms with van der Waals surface area (Å²) in [7, 11) is -7.59. The topological polar surface area (TPSA) is 61.8 Å². The lowest BCUT2D eigenvalue weighted by molar-refractivity contribution is -0.139. The van der Waals surface area contributed by atoms with Crippen molar-refractivity contribution in [3.8, 4) is 0 Å². The molecule has 0 aromatic carbocycles. The molecule has 1 saturated heterocycles. The highest BCUT2D eigenvalue weighted by atomic mass is 32.2. The van der Waals surface area contributed by atoms with Gasteiger partial charge in [0.25, 0.3) is 0 Å². The number of hydrogen-bond acceptors (Lipinski definition) is 5. The first-order valence-corrected chi connectivity index (χ1v) is 11.4. The van der Waals surface area contributed by atoms with Gasteiger partial charge in [-0.05, 0) is 39.4 Å². The molecule has 0 spiro atoms. The normalized spacial score (nSPS) is 28.6. The number of hydrogen-bond donors (Lipinski definition) is 0. The Balaban J connectivity index is 2.80. The molecule has 0 aromatic heterocycles. The molecule has 0 aliphatic carbocycles. The van der Waals surface area contributed by atoms with Gasteiger partial charge in [0.1, 0.15) is 6.10 Å². The van der Waals surface area contributed by atoms with Gasteiger partial charge in [-0.15, -0.1) is 0 Å². The monoisotopic (exact) mass is 350 g/mol. The zero-order chi connectivity index (χ0) is 16.5. The Morgan fingerprint density at radius 3 is 2.38 bits per heavy atom. The van der Waals surface area contributed by atoms with Gasteiger partial charge in [-0.3, -0.25) is 4.18 Å². The fourth-order valence-electron chi connectivity index (χ4n) is 2.24. The second kappa shape index (κ2) is 6.15. The molecule has 0 amide bonds. The summed E-state index contributed by atoms with van der Waals surface area (Å²) >= 11 is 0. The summed E-state index contributed by atoms with van der Waals surface area (Å²) in [6.07, 6.45) is 0.427. The molecular formula is C11H21F3O5SSi. The van der Waals surface area contributed by atoms with Crippen molar-refractivity contribution in [1.82, 2.24) is 0 Å². The number of alkyl halides is 3. The molecule has 1 aliphatic heterocycles. The van der Waals surface area contributed by atoms with Crippen molar-refractivity contribution in [3.05, 3.63) is 0 Å². The molecule has 2 atom stereocenters. The van der Waals surface area contributed by atoms with Crippen LogP contribution in [0.4, 0.5) is 13.2 Å². The van der Waals surface area contributed by atoms with E-state index in [2.05, 4.69) is 4.18 Å². The zero-order valence-electron chi connectivity index (χ0n) is 12.5. The van der Waals surface area contributed by atoms with Crippen LogP contribution in [0.15, 0.2) is 0 Å². The maximum atomic E-state index is 12.3. The predicted molar refractivity (Wildman–Crippen MR) is 72.7 cm³/mol. The molecule has 1 heterocycles. The Morgan fingerprint density at radius 1 is 1.33 bits per heavy atom. The second-order valence-corrected chi connectivity index (χ2v) is 12.2. The molecule has 21 heavy (non-hydrogen) atoms. The molecule has 0 N–H and O–H groups in total. The van der Waals surface area contributed by atoms with Crippen LogP contribution < -0.4 is 0 Å². The van der Waals surface area contributed by atoms with E-state index < -0.39 is 42.3 Å². The van der Waals surface area contributed by atoms with Crippen LogP contribution in [0.25, 0.3) is 0 Å². The van der Waals surface area contributed by atoms with E-state index in [0.717, 1.165) is 0 Å². The van der Waals surface area contributed by atoms with Crippen LogP contribution >= 0.6 is 0 Å². The van der Waals surface area contributed by atoms with Crippen LogP contribution in [0.5, 0.6) is 0 Å². The number of rotatable bonds is 5. The van der Waals surface area contributed by atoms with Crippen molar-refractivity contribution >= 4 is 18.4 Å². The summed E-state index contributed by atoms with van der Waals surface area (Å²) in [5.74, 6) is 0. The van der Waals surface area contributed by atoms with Crippen molar-refractivity contribution in [3.63, 3.8) is 0 Å². The van der Waals surface area contributed by atoms with Crippen molar-refractivity contribution < 1.29 is 34.9 Å². The van der Waals surface area contributed by atoms with Crippen LogP contribution in [-0.4, -0.2) is 47.2 Å². The minimum Gasteiger partial charge on any atom is -0.410 e. The second-order valence-electron chi connectivity index (χ2n) is 6.17. The van der Waals surface area contributed by atoms with E-state index in [9.17, 15) is 21.6 Å². The fourth-order valence-corrected chi connectivity index (χ4v) is 4.31. The highest BCUT2D eigenvalue weighted by molar-refractivity contribution is 7.87. The van der Waals surface area contributed by atoms with Gasteiger partial charge < -0.3 is 9.16 Å². The molecular weight excluding hydrogens is 329 g/mol. The third-order valence-corrected chi connectivity index (χ3v) is 5.11. The summed E-state index contributed by atoms with van der Waals surface area (Å²) in [5, 5.41) is 0. The standard InChI is InChI=1S/C11H21F3O5SSi/c1-10(19-21(2,3)4)6-5-7-17-9(10)8-18-20(15,16)11(12,13)14/h9H,5-8H2,1-4H3/t9-,10+/m1/s1. The lowest BCUT2D eigenvalue weighted by atomic mass is 9.92. The van der Waals surface area contributed by atoms with Crippen molar-refractivity contribution in [2.75, 3.05) is 13.2 Å². The molecule has 1 rings (SSSR count). The summed E-state index contributed by atoms with van der Waals surface area (Å²) in [4.78, 5) is 0. The van der Waals surface area contributed by atoms with E-state index in [4.69, 9.17) is 9.16 Å². The van der Waals surface area contributed by atoms with Crippen molar-refractivity contribution in [2.45, 2.75) is 56.6 Å². The van der Waals surface area contributed by atoms with E-state index in [1.54, 1.807) is 6.92 Å². The third-order valence-electron chi connectivity index (χ3n) is 3.02. The molecule has 10 heteroatoms. The SMILES string of the molecule is C[C@]1(O[Si](C)(C)C)CCCO[C@@H]1COS(=O)(=O)C(F)(F)F. The van der Waals surface area contributed by atoms with Gasteiger partial charge in [0, 0.05) is 6.61 Å². The first kappa shape index (κ1) is 18.9. The predicted octanol–water partition coefficient (Wildman–Crippen LogP) is 2.64. The highest BCUT2D eigenvalue weighted by Crippen LogP contribution is 2.33. The third kappa shape index (κ3) is 5.20. The Bertz CT molecular complexity index is 459. The quantitative estimate of drug-likeness (QED) is 0.433. The van der Waals surface area contributed by atoms with E-state index in [-0.39, 0.29) is 0 Å². The Labute approximate surface area is 124 Å². The van der Waals surface area contributed by atoms with Crippen LogP contribution in [0.1, 0.15) is 19.8 Å². The number of ether oxygens (including phenoxy) is 1. The van der Waals surface area contributed by atoms with Crippen LogP contribution in [0.2, 0.25) is 19.6 Å². The van der Waals surface area contributed by atoms with Crippen LogP contribution in [-0.2, 0) is 23.5 Å². The molecule has 0 aromatic rings. The van der Waals surface area contributed by atoms with Gasteiger partial charge in [-0.25, -0.2) is 0 Å². The molecule has 0 bridgehead atoms. The summed E-state index contributed by atoms with van der Waals surface area (Å²) in [6.45, 7) is 7.18. The molecule has 0 saturated carbocycles. The highest BCUT2D eigenvalue weighted by Gasteiger charge is 2.49. The van der Waals surface area contributed by atoms with E-state index in [1.165, 1.54) is 0 Å². The van der Waals surface area contributed by atoms with Crippen LogP contribution in [0, 0.1) is 0 Å². The first-order valence-electron chi connectivity index (χ1n) is 6.54. The maximum absolute atomic E-state index is 12.3. The zero-order valence-corrected chi connectivity index (χ0v) is 14.3. The van der Waals surface area contributed by atoms with E-state index >= 15 is 0 Å². The molecule has 126 valence electrons. The number of halogens is 3. The lowest BCUT2D eigenvalue weighted by Gasteiger charge is -2.44. The molecule has 1 aliphatic rings.